The number of unbranched alkanes of at least 4 members (excludes halogenated alkanes) is 1. The minimum absolute atomic E-state index is 0.258. The molecule has 1 fully saturated rings. The fraction of sp³-hybridized carbons (Fsp3) is 0.591. The average Bonchev–Trinajstić information content (AvgIpc) is 2.67. The Morgan fingerprint density at radius 3 is 2.48 bits per heavy atom. The van der Waals surface area contributed by atoms with E-state index in [0.29, 0.717) is 11.8 Å². The summed E-state index contributed by atoms with van der Waals surface area (Å²) >= 11 is 3.39. The summed E-state index contributed by atoms with van der Waals surface area (Å²) in [6.07, 6.45) is 10.1. The van der Waals surface area contributed by atoms with E-state index < -0.39 is 0 Å². The summed E-state index contributed by atoms with van der Waals surface area (Å²) in [5, 5.41) is 0. The van der Waals surface area contributed by atoms with E-state index in [1.807, 2.05) is 25.3 Å². The number of hydrogen-bond acceptors (Lipinski definition) is 3. The first-order valence-electron chi connectivity index (χ1n) is 9.99. The van der Waals surface area contributed by atoms with Crippen LogP contribution in [-0.4, -0.2) is 49.1 Å². The summed E-state index contributed by atoms with van der Waals surface area (Å²) in [4.78, 5) is 16.5. The first-order valence-corrected chi connectivity index (χ1v) is 10.8. The Kier molecular flexibility index (Phi) is 9.35. The fourth-order valence-corrected chi connectivity index (χ4v) is 4.04. The van der Waals surface area contributed by atoms with Crippen molar-refractivity contribution in [2.24, 2.45) is 5.92 Å². The molecule has 5 heteroatoms. The zero-order valence-electron chi connectivity index (χ0n) is 16.7. The van der Waals surface area contributed by atoms with Crippen LogP contribution >= 0.6 is 15.9 Å². The van der Waals surface area contributed by atoms with Gasteiger partial charge in [-0.2, -0.15) is 0 Å². The quantitative estimate of drug-likeness (QED) is 0.366. The second-order valence-corrected chi connectivity index (χ2v) is 8.57. The SMILES string of the molecule is C=CCN(C)CCCC[C@H]1CC[C@H](N(C)C(=O)Oc2ccc(Br)cc2)CC1. The number of likely N-dealkylation sites (N-methyl/N-ethyl adjacent to an activating group) is 1. The Morgan fingerprint density at radius 2 is 1.85 bits per heavy atom. The fourth-order valence-electron chi connectivity index (χ4n) is 3.77. The molecule has 0 heterocycles. The Morgan fingerprint density at radius 1 is 1.19 bits per heavy atom. The zero-order chi connectivity index (χ0) is 19.6. The van der Waals surface area contributed by atoms with E-state index in [4.69, 9.17) is 4.74 Å². The highest BCUT2D eigenvalue weighted by Gasteiger charge is 2.27. The van der Waals surface area contributed by atoms with E-state index in [1.165, 1.54) is 32.1 Å². The lowest BCUT2D eigenvalue weighted by Gasteiger charge is -2.34. The van der Waals surface area contributed by atoms with Crippen LogP contribution in [0.4, 0.5) is 4.79 Å². The largest absolute Gasteiger partial charge is 0.415 e. The first kappa shape index (κ1) is 22.0. The number of carbonyl (C=O) groups excluding carboxylic acids is 1. The highest BCUT2D eigenvalue weighted by Crippen LogP contribution is 2.31. The van der Waals surface area contributed by atoms with Gasteiger partial charge in [0.2, 0.25) is 0 Å². The predicted octanol–water partition coefficient (Wildman–Crippen LogP) is 5.73. The van der Waals surface area contributed by atoms with E-state index in [2.05, 4.69) is 34.5 Å². The van der Waals surface area contributed by atoms with Crippen molar-refractivity contribution in [3.05, 3.63) is 41.4 Å². The zero-order valence-corrected chi connectivity index (χ0v) is 18.3. The van der Waals surface area contributed by atoms with Gasteiger partial charge in [0.15, 0.2) is 0 Å². The number of nitrogens with zero attached hydrogens (tertiary/aromatic N) is 2. The van der Waals surface area contributed by atoms with Crippen molar-refractivity contribution < 1.29 is 9.53 Å². The van der Waals surface area contributed by atoms with Crippen molar-refractivity contribution in [1.29, 1.82) is 0 Å². The van der Waals surface area contributed by atoms with Crippen LogP contribution in [0.25, 0.3) is 0 Å². The molecule has 0 atom stereocenters. The molecule has 0 unspecified atom stereocenters. The number of halogens is 1. The lowest BCUT2D eigenvalue weighted by Crippen LogP contribution is -2.41. The predicted molar refractivity (Wildman–Crippen MR) is 115 cm³/mol. The van der Waals surface area contributed by atoms with Gasteiger partial charge in [-0.05, 0) is 75.9 Å². The Labute approximate surface area is 172 Å². The monoisotopic (exact) mass is 436 g/mol. The van der Waals surface area contributed by atoms with Crippen LogP contribution in [0.3, 0.4) is 0 Å². The highest BCUT2D eigenvalue weighted by atomic mass is 79.9. The summed E-state index contributed by atoms with van der Waals surface area (Å²) < 4.78 is 6.46. The van der Waals surface area contributed by atoms with Crippen LogP contribution in [-0.2, 0) is 0 Å². The molecule has 0 aliphatic heterocycles. The van der Waals surface area contributed by atoms with Crippen molar-refractivity contribution in [3.63, 3.8) is 0 Å². The van der Waals surface area contributed by atoms with Crippen LogP contribution in [0.5, 0.6) is 5.75 Å². The van der Waals surface area contributed by atoms with Crippen LogP contribution < -0.4 is 4.74 Å². The molecule has 4 nitrogen and oxygen atoms in total. The summed E-state index contributed by atoms with van der Waals surface area (Å²) in [5.41, 5.74) is 0. The summed E-state index contributed by atoms with van der Waals surface area (Å²) in [6, 6.07) is 7.66. The second-order valence-electron chi connectivity index (χ2n) is 7.65. The molecular weight excluding hydrogens is 404 g/mol. The van der Waals surface area contributed by atoms with Gasteiger partial charge >= 0.3 is 6.09 Å². The molecule has 1 aromatic rings. The molecule has 0 bridgehead atoms. The third-order valence-corrected chi connectivity index (χ3v) is 6.04. The molecule has 1 aliphatic carbocycles. The Balaban J connectivity index is 1.66. The van der Waals surface area contributed by atoms with Crippen molar-refractivity contribution in [1.82, 2.24) is 9.80 Å². The van der Waals surface area contributed by atoms with E-state index in [-0.39, 0.29) is 6.09 Å². The van der Waals surface area contributed by atoms with E-state index in [1.54, 1.807) is 17.0 Å². The molecule has 27 heavy (non-hydrogen) atoms. The van der Waals surface area contributed by atoms with Gasteiger partial charge in [-0.3, -0.25) is 0 Å². The molecule has 1 saturated carbocycles. The molecule has 0 saturated heterocycles. The first-order chi connectivity index (χ1) is 13.0. The van der Waals surface area contributed by atoms with Gasteiger partial charge in [0.05, 0.1) is 0 Å². The van der Waals surface area contributed by atoms with Gasteiger partial charge in [-0.15, -0.1) is 6.58 Å². The van der Waals surface area contributed by atoms with E-state index in [0.717, 1.165) is 36.3 Å². The van der Waals surface area contributed by atoms with Gasteiger partial charge < -0.3 is 14.5 Å². The third kappa shape index (κ3) is 7.67. The third-order valence-electron chi connectivity index (χ3n) is 5.51. The molecule has 0 spiro atoms. The Hall–Kier alpha value is -1.33. The molecule has 150 valence electrons. The smallest absolute Gasteiger partial charge is 0.410 e. The molecule has 0 N–H and O–H groups in total. The molecule has 1 aliphatic rings. The highest BCUT2D eigenvalue weighted by molar-refractivity contribution is 9.10. The lowest BCUT2D eigenvalue weighted by molar-refractivity contribution is 0.123. The molecule has 2 rings (SSSR count). The summed E-state index contributed by atoms with van der Waals surface area (Å²) in [5.74, 6) is 1.40. The van der Waals surface area contributed by atoms with Crippen molar-refractivity contribution in [2.75, 3.05) is 27.2 Å². The number of carbonyl (C=O) groups is 1. The maximum atomic E-state index is 12.4. The second kappa shape index (κ2) is 11.5. The summed E-state index contributed by atoms with van der Waals surface area (Å²) in [7, 11) is 4.01. The Bertz CT molecular complexity index is 582. The number of ether oxygens (including phenoxy) is 1. The van der Waals surface area contributed by atoms with Gasteiger partial charge in [0.1, 0.15) is 5.75 Å². The molecule has 1 amide bonds. The van der Waals surface area contributed by atoms with Crippen molar-refractivity contribution >= 4 is 22.0 Å². The summed E-state index contributed by atoms with van der Waals surface area (Å²) in [6.45, 7) is 5.89. The van der Waals surface area contributed by atoms with E-state index >= 15 is 0 Å². The van der Waals surface area contributed by atoms with Gasteiger partial charge in [0, 0.05) is 24.1 Å². The average molecular weight is 437 g/mol. The minimum Gasteiger partial charge on any atom is -0.410 e. The van der Waals surface area contributed by atoms with Crippen LogP contribution in [0.15, 0.2) is 41.4 Å². The van der Waals surface area contributed by atoms with Crippen molar-refractivity contribution in [2.45, 2.75) is 51.0 Å². The van der Waals surface area contributed by atoms with Gasteiger partial charge in [-0.1, -0.05) is 34.8 Å². The number of hydrogen-bond donors (Lipinski definition) is 0. The molecular formula is C22H33BrN2O2. The normalized spacial score (nSPS) is 19.7. The van der Waals surface area contributed by atoms with Gasteiger partial charge in [0.25, 0.3) is 0 Å². The topological polar surface area (TPSA) is 32.8 Å². The van der Waals surface area contributed by atoms with Crippen LogP contribution in [0.1, 0.15) is 44.9 Å². The standard InChI is InChI=1S/C22H33BrN2O2/c1-4-16-24(2)17-6-5-7-18-8-12-20(13-9-18)25(3)22(26)27-21-14-10-19(23)11-15-21/h4,10-11,14-15,18,20H,1,5-9,12-13,16-17H2,2-3H3/t18-,20-. The molecule has 1 aromatic carbocycles. The number of benzene rings is 1. The van der Waals surface area contributed by atoms with Gasteiger partial charge in [-0.25, -0.2) is 4.79 Å². The molecule has 0 radical (unpaired) electrons. The maximum absolute atomic E-state index is 12.4. The minimum atomic E-state index is -0.258. The van der Waals surface area contributed by atoms with Crippen molar-refractivity contribution in [3.8, 4) is 5.75 Å². The maximum Gasteiger partial charge on any atom is 0.415 e. The lowest BCUT2D eigenvalue weighted by atomic mass is 9.82. The van der Waals surface area contributed by atoms with E-state index in [9.17, 15) is 4.79 Å². The van der Waals surface area contributed by atoms with Crippen LogP contribution in [0, 0.1) is 5.92 Å². The van der Waals surface area contributed by atoms with Crippen LogP contribution in [0.2, 0.25) is 0 Å². The number of amides is 1. The molecule has 0 aromatic heterocycles. The number of rotatable bonds is 9.